The summed E-state index contributed by atoms with van der Waals surface area (Å²) in [5.41, 5.74) is 4.08. The molecule has 2 N–H and O–H groups in total. The van der Waals surface area contributed by atoms with Crippen LogP contribution in [0.3, 0.4) is 0 Å². The lowest BCUT2D eigenvalue weighted by Gasteiger charge is -2.07. The number of ether oxygens (including phenoxy) is 1. The van der Waals surface area contributed by atoms with Crippen LogP contribution in [0.1, 0.15) is 11.1 Å². The highest BCUT2D eigenvalue weighted by atomic mass is 79.9. The molecule has 0 aliphatic heterocycles. The first-order valence-electron chi connectivity index (χ1n) is 6.76. The number of aromatic hydroxyl groups is 1. The van der Waals surface area contributed by atoms with E-state index in [4.69, 9.17) is 4.74 Å². The molecule has 0 saturated heterocycles. The molecular formula is C16H13Br3N2O3. The number of phenolic OH excluding ortho intramolecular Hbond substituents is 1. The van der Waals surface area contributed by atoms with Gasteiger partial charge in [-0.2, -0.15) is 5.10 Å². The van der Waals surface area contributed by atoms with Gasteiger partial charge >= 0.3 is 0 Å². The summed E-state index contributed by atoms with van der Waals surface area (Å²) < 4.78 is 7.05. The number of aryl methyl sites for hydroxylation is 1. The third-order valence-electron chi connectivity index (χ3n) is 2.96. The van der Waals surface area contributed by atoms with Gasteiger partial charge in [0.1, 0.15) is 11.5 Å². The van der Waals surface area contributed by atoms with Crippen LogP contribution in [-0.4, -0.2) is 23.8 Å². The van der Waals surface area contributed by atoms with Crippen molar-refractivity contribution in [3.05, 3.63) is 54.9 Å². The average Bonchev–Trinajstić information content (AvgIpc) is 2.55. The van der Waals surface area contributed by atoms with Gasteiger partial charge in [-0.1, -0.05) is 33.6 Å². The van der Waals surface area contributed by atoms with E-state index in [-0.39, 0.29) is 18.3 Å². The second-order valence-corrected chi connectivity index (χ2v) is 7.31. The van der Waals surface area contributed by atoms with Crippen LogP contribution in [0.15, 0.2) is 48.9 Å². The molecule has 0 unspecified atom stereocenters. The Morgan fingerprint density at radius 2 is 1.92 bits per heavy atom. The zero-order chi connectivity index (χ0) is 17.7. The Kier molecular flexibility index (Phi) is 6.82. The van der Waals surface area contributed by atoms with Crippen molar-refractivity contribution in [1.82, 2.24) is 5.43 Å². The predicted octanol–water partition coefficient (Wildman–Crippen LogP) is 4.52. The number of hydrogen-bond donors (Lipinski definition) is 2. The minimum Gasteiger partial charge on any atom is -0.506 e. The number of rotatable bonds is 5. The Hall–Kier alpha value is -1.38. The van der Waals surface area contributed by atoms with E-state index >= 15 is 0 Å². The fraction of sp³-hybridized carbons (Fsp3) is 0.125. The Labute approximate surface area is 164 Å². The highest BCUT2D eigenvalue weighted by Gasteiger charge is 2.12. The van der Waals surface area contributed by atoms with Crippen LogP contribution in [0.2, 0.25) is 0 Å². The molecule has 8 heteroatoms. The molecule has 5 nitrogen and oxygen atoms in total. The van der Waals surface area contributed by atoms with Gasteiger partial charge in [-0.3, -0.25) is 4.79 Å². The second-order valence-electron chi connectivity index (χ2n) is 4.81. The molecule has 2 aromatic carbocycles. The molecule has 126 valence electrons. The lowest BCUT2D eigenvalue weighted by Crippen LogP contribution is -2.24. The number of hydrogen-bond acceptors (Lipinski definition) is 4. The molecule has 1 amide bonds. The maximum atomic E-state index is 11.7. The summed E-state index contributed by atoms with van der Waals surface area (Å²) in [5.74, 6) is 0.275. The lowest BCUT2D eigenvalue weighted by molar-refractivity contribution is -0.123. The van der Waals surface area contributed by atoms with Crippen molar-refractivity contribution in [2.24, 2.45) is 5.10 Å². The van der Waals surface area contributed by atoms with E-state index in [0.717, 1.165) is 5.56 Å². The summed E-state index contributed by atoms with van der Waals surface area (Å²) in [6.07, 6.45) is 1.42. The lowest BCUT2D eigenvalue weighted by atomic mass is 10.2. The molecule has 0 fully saturated rings. The van der Waals surface area contributed by atoms with Gasteiger partial charge in [-0.05, 0) is 57.0 Å². The molecule has 0 heterocycles. The molecule has 0 aliphatic carbocycles. The monoisotopic (exact) mass is 518 g/mol. The van der Waals surface area contributed by atoms with Crippen molar-refractivity contribution in [2.45, 2.75) is 6.92 Å². The quantitative estimate of drug-likeness (QED) is 0.450. The summed E-state index contributed by atoms with van der Waals surface area (Å²) in [5, 5.41) is 13.7. The van der Waals surface area contributed by atoms with Gasteiger partial charge in [0.15, 0.2) is 6.61 Å². The first-order valence-corrected chi connectivity index (χ1v) is 9.14. The molecule has 0 bridgehead atoms. The molecule has 0 radical (unpaired) electrons. The normalized spacial score (nSPS) is 10.8. The predicted molar refractivity (Wildman–Crippen MR) is 104 cm³/mol. The first kappa shape index (κ1) is 19.0. The first-order chi connectivity index (χ1) is 11.4. The summed E-state index contributed by atoms with van der Waals surface area (Å²) in [6.45, 7) is 1.83. The fourth-order valence-electron chi connectivity index (χ4n) is 1.70. The summed E-state index contributed by atoms with van der Waals surface area (Å²) in [7, 11) is 0. The van der Waals surface area contributed by atoms with E-state index < -0.39 is 0 Å². The van der Waals surface area contributed by atoms with Crippen molar-refractivity contribution in [3.8, 4) is 11.5 Å². The molecule has 24 heavy (non-hydrogen) atoms. The molecule has 0 aliphatic rings. The molecule has 2 aromatic rings. The summed E-state index contributed by atoms with van der Waals surface area (Å²) in [4.78, 5) is 11.7. The van der Waals surface area contributed by atoms with E-state index in [0.29, 0.717) is 24.7 Å². The molecule has 0 atom stereocenters. The van der Waals surface area contributed by atoms with E-state index in [9.17, 15) is 9.90 Å². The van der Waals surface area contributed by atoms with Gasteiger partial charge in [-0.15, -0.1) is 0 Å². The smallest absolute Gasteiger partial charge is 0.277 e. The zero-order valence-electron chi connectivity index (χ0n) is 12.5. The summed E-state index contributed by atoms with van der Waals surface area (Å²) >= 11 is 9.87. The van der Waals surface area contributed by atoms with Crippen molar-refractivity contribution < 1.29 is 14.6 Å². The number of nitrogens with one attached hydrogen (secondary N) is 1. The molecule has 0 spiro atoms. The highest BCUT2D eigenvalue weighted by Crippen LogP contribution is 2.38. The Balaban J connectivity index is 1.93. The van der Waals surface area contributed by atoms with Crippen LogP contribution < -0.4 is 10.2 Å². The van der Waals surface area contributed by atoms with Crippen LogP contribution in [0.5, 0.6) is 11.5 Å². The minimum absolute atomic E-state index is 0.0497. The van der Waals surface area contributed by atoms with Gasteiger partial charge in [0.2, 0.25) is 0 Å². The van der Waals surface area contributed by atoms with E-state index in [1.165, 1.54) is 6.21 Å². The van der Waals surface area contributed by atoms with Crippen molar-refractivity contribution >= 4 is 59.9 Å². The number of amides is 1. The van der Waals surface area contributed by atoms with Crippen molar-refractivity contribution in [1.29, 1.82) is 0 Å². The third-order valence-corrected chi connectivity index (χ3v) is 5.02. The van der Waals surface area contributed by atoms with Gasteiger partial charge in [0, 0.05) is 10.0 Å². The highest BCUT2D eigenvalue weighted by molar-refractivity contribution is 9.11. The van der Waals surface area contributed by atoms with Crippen LogP contribution in [0.25, 0.3) is 0 Å². The SMILES string of the molecule is Cc1ccc(OCC(=O)N/N=C/c2c(Br)cc(Br)c(O)c2Br)cc1. The van der Waals surface area contributed by atoms with Gasteiger partial charge in [-0.25, -0.2) is 5.43 Å². The standard InChI is InChI=1S/C16H13Br3N2O3/c1-9-2-4-10(5-3-9)24-8-14(22)21-20-7-11-12(17)6-13(18)16(23)15(11)19/h2-7,23H,8H2,1H3,(H,21,22)/b20-7+. The van der Waals surface area contributed by atoms with Crippen LogP contribution in [0.4, 0.5) is 0 Å². The van der Waals surface area contributed by atoms with Crippen molar-refractivity contribution in [3.63, 3.8) is 0 Å². The zero-order valence-corrected chi connectivity index (χ0v) is 17.3. The average molecular weight is 521 g/mol. The minimum atomic E-state index is -0.389. The summed E-state index contributed by atoms with van der Waals surface area (Å²) in [6, 6.07) is 9.08. The van der Waals surface area contributed by atoms with E-state index in [2.05, 4.69) is 58.3 Å². The Bertz CT molecular complexity index is 777. The van der Waals surface area contributed by atoms with Crippen molar-refractivity contribution in [2.75, 3.05) is 6.61 Å². The Morgan fingerprint density at radius 3 is 2.58 bits per heavy atom. The maximum Gasteiger partial charge on any atom is 0.277 e. The van der Waals surface area contributed by atoms with Crippen LogP contribution >= 0.6 is 47.8 Å². The van der Waals surface area contributed by atoms with E-state index in [1.54, 1.807) is 18.2 Å². The molecular weight excluding hydrogens is 508 g/mol. The number of nitrogens with zero attached hydrogens (tertiary/aromatic N) is 1. The molecule has 0 saturated carbocycles. The number of benzene rings is 2. The van der Waals surface area contributed by atoms with Gasteiger partial charge in [0.05, 0.1) is 15.2 Å². The van der Waals surface area contributed by atoms with Crippen LogP contribution in [0, 0.1) is 6.92 Å². The van der Waals surface area contributed by atoms with E-state index in [1.807, 2.05) is 19.1 Å². The number of hydrazone groups is 1. The van der Waals surface area contributed by atoms with Crippen LogP contribution in [-0.2, 0) is 4.79 Å². The molecule has 0 aromatic heterocycles. The number of carbonyl (C=O) groups excluding carboxylic acids is 1. The maximum absolute atomic E-state index is 11.7. The second kappa shape index (κ2) is 8.64. The van der Waals surface area contributed by atoms with Gasteiger partial charge in [0.25, 0.3) is 5.91 Å². The third kappa shape index (κ3) is 5.06. The molecule has 2 rings (SSSR count). The topological polar surface area (TPSA) is 70.9 Å². The fourth-order valence-corrected chi connectivity index (χ4v) is 4.02. The van der Waals surface area contributed by atoms with Gasteiger partial charge < -0.3 is 9.84 Å². The largest absolute Gasteiger partial charge is 0.506 e. The Morgan fingerprint density at radius 1 is 1.25 bits per heavy atom. The number of halogens is 3. The number of phenols is 1. The number of carbonyl (C=O) groups is 1.